The van der Waals surface area contributed by atoms with Crippen LogP contribution in [0.4, 0.5) is 10.5 Å². The molecule has 7 heteroatoms. The molecule has 0 bridgehead atoms. The summed E-state index contributed by atoms with van der Waals surface area (Å²) >= 11 is 11.9. The van der Waals surface area contributed by atoms with Crippen LogP contribution < -0.4 is 11.1 Å². The van der Waals surface area contributed by atoms with E-state index >= 15 is 0 Å². The molecular weight excluding hydrogens is 363 g/mol. The number of hydrogen-bond acceptors (Lipinski definition) is 3. The number of nitrogens with two attached hydrogens (primary N) is 1. The highest BCUT2D eigenvalue weighted by molar-refractivity contribution is 6.42. The van der Waals surface area contributed by atoms with E-state index in [-0.39, 0.29) is 0 Å². The van der Waals surface area contributed by atoms with Crippen molar-refractivity contribution in [3.05, 3.63) is 52.5 Å². The second-order valence-corrected chi connectivity index (χ2v) is 6.22. The Kier molecular flexibility index (Phi) is 6.67. The van der Waals surface area contributed by atoms with Crippen molar-refractivity contribution in [2.24, 2.45) is 5.73 Å². The lowest BCUT2D eigenvalue weighted by atomic mass is 10.1. The van der Waals surface area contributed by atoms with Gasteiger partial charge in [-0.15, -0.1) is 0 Å². The molecule has 0 aliphatic carbocycles. The molecule has 2 amide bonds. The van der Waals surface area contributed by atoms with Crippen molar-refractivity contribution in [2.75, 3.05) is 5.32 Å². The molecule has 1 atom stereocenters. The number of primary amides is 1. The lowest BCUT2D eigenvalue weighted by Gasteiger charge is -2.15. The van der Waals surface area contributed by atoms with Crippen molar-refractivity contribution < 1.29 is 14.3 Å². The van der Waals surface area contributed by atoms with Crippen molar-refractivity contribution >= 4 is 40.9 Å². The average Bonchev–Trinajstić information content (AvgIpc) is 2.57. The van der Waals surface area contributed by atoms with Gasteiger partial charge in [-0.1, -0.05) is 54.7 Å². The Morgan fingerprint density at radius 2 is 1.72 bits per heavy atom. The number of rotatable bonds is 6. The molecule has 2 aromatic rings. The quantitative estimate of drug-likeness (QED) is 0.750. The Labute approximate surface area is 156 Å². The van der Waals surface area contributed by atoms with E-state index in [1.165, 1.54) is 0 Å². The summed E-state index contributed by atoms with van der Waals surface area (Å²) in [6.45, 7) is 1.89. The van der Waals surface area contributed by atoms with Gasteiger partial charge in [0.05, 0.1) is 10.0 Å². The summed E-state index contributed by atoms with van der Waals surface area (Å²) in [7, 11) is 0. The summed E-state index contributed by atoms with van der Waals surface area (Å²) in [5.74, 6) is -0.414. The maximum atomic E-state index is 12.2. The molecule has 132 valence electrons. The van der Waals surface area contributed by atoms with Crippen LogP contribution in [0.3, 0.4) is 0 Å². The summed E-state index contributed by atoms with van der Waals surface area (Å²) in [5.41, 5.74) is 7.42. The molecule has 0 saturated carbocycles. The third-order valence-electron chi connectivity index (χ3n) is 3.51. The van der Waals surface area contributed by atoms with Gasteiger partial charge in [-0.25, -0.2) is 4.79 Å². The van der Waals surface area contributed by atoms with Crippen LogP contribution in [0.15, 0.2) is 42.5 Å². The minimum atomic E-state index is -0.969. The number of amides is 2. The molecule has 0 spiro atoms. The fourth-order valence-electron chi connectivity index (χ4n) is 2.29. The van der Waals surface area contributed by atoms with Gasteiger partial charge in [0.25, 0.3) is 5.91 Å². The zero-order chi connectivity index (χ0) is 18.4. The molecule has 0 heterocycles. The maximum absolute atomic E-state index is 12.2. The van der Waals surface area contributed by atoms with E-state index in [0.717, 1.165) is 11.1 Å². The first-order valence-corrected chi connectivity index (χ1v) is 8.48. The molecule has 0 aromatic heterocycles. The molecule has 5 nitrogen and oxygen atoms in total. The van der Waals surface area contributed by atoms with Crippen molar-refractivity contribution in [2.45, 2.75) is 25.9 Å². The molecule has 2 rings (SSSR count). The number of carbonyl (C=O) groups is 2. The fraction of sp³-hybridized carbons (Fsp3) is 0.222. The Bertz CT molecular complexity index is 763. The number of hydrogen-bond donors (Lipinski definition) is 2. The lowest BCUT2D eigenvalue weighted by Crippen LogP contribution is -2.34. The number of carbonyl (C=O) groups excluding carboxylic acids is 2. The first kappa shape index (κ1) is 19.1. The lowest BCUT2D eigenvalue weighted by molar-refractivity contribution is -0.124. The summed E-state index contributed by atoms with van der Waals surface area (Å²) in [6, 6.07) is 12.6. The Morgan fingerprint density at radius 3 is 2.28 bits per heavy atom. The first-order chi connectivity index (χ1) is 11.9. The summed E-state index contributed by atoms with van der Waals surface area (Å²) in [4.78, 5) is 23.1. The Balaban J connectivity index is 2.09. The number of nitrogens with one attached hydrogen (secondary N) is 1. The molecule has 0 aliphatic rings. The maximum Gasteiger partial charge on any atom is 0.405 e. The Morgan fingerprint density at radius 1 is 1.08 bits per heavy atom. The summed E-state index contributed by atoms with van der Waals surface area (Å²) in [6.07, 6.45) is -0.793. The summed E-state index contributed by atoms with van der Waals surface area (Å²) < 4.78 is 4.84. The van der Waals surface area contributed by atoms with Crippen LogP contribution in [0.2, 0.25) is 10.0 Å². The second-order valence-electron chi connectivity index (χ2n) is 5.41. The SMILES string of the molecule is CCC[C@H](OC(N)=O)C(=O)Nc1ccc(-c2ccc(Cl)c(Cl)c2)cc1. The van der Waals surface area contributed by atoms with Crippen LogP contribution in [0, 0.1) is 0 Å². The molecule has 0 aliphatic heterocycles. The monoisotopic (exact) mass is 380 g/mol. The van der Waals surface area contributed by atoms with Crippen LogP contribution in [0.25, 0.3) is 11.1 Å². The molecular formula is C18H18Cl2N2O3. The molecule has 0 saturated heterocycles. The van der Waals surface area contributed by atoms with E-state index in [4.69, 9.17) is 33.7 Å². The molecule has 0 fully saturated rings. The number of ether oxygens (including phenoxy) is 1. The van der Waals surface area contributed by atoms with E-state index in [9.17, 15) is 9.59 Å². The predicted molar refractivity (Wildman–Crippen MR) is 99.9 cm³/mol. The van der Waals surface area contributed by atoms with E-state index < -0.39 is 18.1 Å². The highest BCUT2D eigenvalue weighted by Gasteiger charge is 2.21. The largest absolute Gasteiger partial charge is 0.436 e. The predicted octanol–water partition coefficient (Wildman–Crippen LogP) is 4.86. The molecule has 0 unspecified atom stereocenters. The van der Waals surface area contributed by atoms with Crippen molar-refractivity contribution in [1.29, 1.82) is 0 Å². The van der Waals surface area contributed by atoms with E-state index in [1.807, 2.05) is 25.1 Å². The van der Waals surface area contributed by atoms with Gasteiger partial charge in [0.1, 0.15) is 0 Å². The minimum Gasteiger partial charge on any atom is -0.436 e. The van der Waals surface area contributed by atoms with Gasteiger partial charge in [0, 0.05) is 5.69 Å². The number of benzene rings is 2. The van der Waals surface area contributed by atoms with Gasteiger partial charge in [0.15, 0.2) is 6.10 Å². The number of anilines is 1. The van der Waals surface area contributed by atoms with Gasteiger partial charge in [0.2, 0.25) is 0 Å². The third kappa shape index (κ3) is 5.37. The van der Waals surface area contributed by atoms with Gasteiger partial charge in [-0.05, 0) is 41.8 Å². The van der Waals surface area contributed by atoms with Crippen molar-refractivity contribution in [3.8, 4) is 11.1 Å². The van der Waals surface area contributed by atoms with Gasteiger partial charge in [-0.2, -0.15) is 0 Å². The van der Waals surface area contributed by atoms with Crippen LogP contribution in [-0.2, 0) is 9.53 Å². The standard InChI is InChI=1S/C18H18Cl2N2O3/c1-2-3-16(25-18(21)24)17(23)22-13-7-4-11(5-8-13)12-6-9-14(19)15(20)10-12/h4-10,16H,2-3H2,1H3,(H2,21,24)(H,22,23)/t16-/m0/s1. The van der Waals surface area contributed by atoms with E-state index in [2.05, 4.69) is 5.32 Å². The molecule has 3 N–H and O–H groups in total. The van der Waals surface area contributed by atoms with Crippen molar-refractivity contribution in [1.82, 2.24) is 0 Å². The average molecular weight is 381 g/mol. The number of halogens is 2. The van der Waals surface area contributed by atoms with Crippen LogP contribution in [-0.4, -0.2) is 18.1 Å². The molecule has 0 radical (unpaired) electrons. The zero-order valence-electron chi connectivity index (χ0n) is 13.6. The van der Waals surface area contributed by atoms with Crippen LogP contribution >= 0.6 is 23.2 Å². The normalized spacial score (nSPS) is 11.6. The highest BCUT2D eigenvalue weighted by atomic mass is 35.5. The fourth-order valence-corrected chi connectivity index (χ4v) is 2.59. The minimum absolute atomic E-state index is 0.399. The third-order valence-corrected chi connectivity index (χ3v) is 4.25. The van der Waals surface area contributed by atoms with Gasteiger partial charge < -0.3 is 15.8 Å². The van der Waals surface area contributed by atoms with Gasteiger partial charge >= 0.3 is 6.09 Å². The smallest absolute Gasteiger partial charge is 0.405 e. The Hall–Kier alpha value is -2.24. The van der Waals surface area contributed by atoms with E-state index in [1.54, 1.807) is 24.3 Å². The molecule has 25 heavy (non-hydrogen) atoms. The van der Waals surface area contributed by atoms with Crippen LogP contribution in [0.1, 0.15) is 19.8 Å². The van der Waals surface area contributed by atoms with Gasteiger partial charge in [-0.3, -0.25) is 4.79 Å². The van der Waals surface area contributed by atoms with Crippen molar-refractivity contribution in [3.63, 3.8) is 0 Å². The second kappa shape index (κ2) is 8.74. The summed E-state index contributed by atoms with van der Waals surface area (Å²) in [5, 5.41) is 3.68. The highest BCUT2D eigenvalue weighted by Crippen LogP contribution is 2.29. The zero-order valence-corrected chi connectivity index (χ0v) is 15.1. The van der Waals surface area contributed by atoms with E-state index in [0.29, 0.717) is 28.6 Å². The first-order valence-electron chi connectivity index (χ1n) is 7.73. The topological polar surface area (TPSA) is 81.4 Å². The molecule has 2 aromatic carbocycles. The van der Waals surface area contributed by atoms with Crippen LogP contribution in [0.5, 0.6) is 0 Å².